The highest BCUT2D eigenvalue weighted by atomic mass is 15.2. The molecule has 0 saturated carbocycles. The smallest absolute Gasteiger partial charge is 0.0587 e. The van der Waals surface area contributed by atoms with Gasteiger partial charge >= 0.3 is 0 Å². The SMILES string of the molecule is Cc1ccncc1N1C2CCC1CC(N)C2. The highest BCUT2D eigenvalue weighted by Gasteiger charge is 2.40. The largest absolute Gasteiger partial charge is 0.364 e. The molecule has 2 N–H and O–H groups in total. The maximum absolute atomic E-state index is 6.09. The average molecular weight is 217 g/mol. The Kier molecular flexibility index (Phi) is 2.36. The van der Waals surface area contributed by atoms with E-state index in [1.165, 1.54) is 24.1 Å². The third-order valence-corrected chi connectivity index (χ3v) is 4.06. The number of aromatic nitrogens is 1. The molecule has 2 aliphatic heterocycles. The van der Waals surface area contributed by atoms with Gasteiger partial charge in [0.25, 0.3) is 0 Å². The highest BCUT2D eigenvalue weighted by molar-refractivity contribution is 5.54. The molecule has 2 fully saturated rings. The normalized spacial score (nSPS) is 33.1. The van der Waals surface area contributed by atoms with Crippen molar-refractivity contribution >= 4 is 5.69 Å². The third kappa shape index (κ3) is 1.50. The van der Waals surface area contributed by atoms with Crippen LogP contribution in [-0.2, 0) is 0 Å². The van der Waals surface area contributed by atoms with Crippen LogP contribution in [-0.4, -0.2) is 23.1 Å². The number of piperidine rings is 1. The van der Waals surface area contributed by atoms with Gasteiger partial charge in [-0.3, -0.25) is 4.98 Å². The molecule has 0 aliphatic carbocycles. The minimum Gasteiger partial charge on any atom is -0.364 e. The topological polar surface area (TPSA) is 42.2 Å². The highest BCUT2D eigenvalue weighted by Crippen LogP contribution is 2.39. The van der Waals surface area contributed by atoms with Gasteiger partial charge in [0, 0.05) is 24.3 Å². The number of pyridine rings is 1. The Morgan fingerprint density at radius 1 is 1.31 bits per heavy atom. The van der Waals surface area contributed by atoms with Crippen molar-refractivity contribution < 1.29 is 0 Å². The standard InChI is InChI=1S/C13H19N3/c1-9-4-5-15-8-13(9)16-11-2-3-12(16)7-10(14)6-11/h4-5,8,10-12H,2-3,6-7,14H2,1H3. The zero-order valence-corrected chi connectivity index (χ0v) is 9.76. The van der Waals surface area contributed by atoms with Crippen LogP contribution in [0.15, 0.2) is 18.5 Å². The van der Waals surface area contributed by atoms with Gasteiger partial charge in [0.2, 0.25) is 0 Å². The molecule has 2 aliphatic rings. The Balaban J connectivity index is 1.94. The Hall–Kier alpha value is -1.09. The van der Waals surface area contributed by atoms with Crippen LogP contribution in [0.3, 0.4) is 0 Å². The van der Waals surface area contributed by atoms with Gasteiger partial charge in [-0.1, -0.05) is 0 Å². The summed E-state index contributed by atoms with van der Waals surface area (Å²) in [6.45, 7) is 2.17. The molecular weight excluding hydrogens is 198 g/mol. The molecule has 2 atom stereocenters. The van der Waals surface area contributed by atoms with Crippen LogP contribution in [0.1, 0.15) is 31.2 Å². The van der Waals surface area contributed by atoms with E-state index in [0.717, 1.165) is 12.8 Å². The molecule has 3 rings (SSSR count). The van der Waals surface area contributed by atoms with Crippen LogP contribution in [0.2, 0.25) is 0 Å². The predicted octanol–water partition coefficient (Wildman–Crippen LogP) is 1.85. The fraction of sp³-hybridized carbons (Fsp3) is 0.615. The summed E-state index contributed by atoms with van der Waals surface area (Å²) >= 11 is 0. The molecule has 0 amide bonds. The van der Waals surface area contributed by atoms with Gasteiger partial charge in [0.15, 0.2) is 0 Å². The molecule has 0 radical (unpaired) electrons. The van der Waals surface area contributed by atoms with Gasteiger partial charge < -0.3 is 10.6 Å². The summed E-state index contributed by atoms with van der Waals surface area (Å²) in [6.07, 6.45) is 8.77. The maximum atomic E-state index is 6.09. The van der Waals surface area contributed by atoms with E-state index in [9.17, 15) is 0 Å². The van der Waals surface area contributed by atoms with Gasteiger partial charge in [-0.2, -0.15) is 0 Å². The van der Waals surface area contributed by atoms with Gasteiger partial charge in [0.05, 0.1) is 11.9 Å². The number of aryl methyl sites for hydroxylation is 1. The van der Waals surface area contributed by atoms with E-state index in [1.807, 2.05) is 12.4 Å². The average Bonchev–Trinajstić information content (AvgIpc) is 2.53. The van der Waals surface area contributed by atoms with Crippen LogP contribution >= 0.6 is 0 Å². The van der Waals surface area contributed by atoms with E-state index in [1.54, 1.807) is 0 Å². The fourth-order valence-electron chi connectivity index (χ4n) is 3.34. The van der Waals surface area contributed by atoms with Crippen LogP contribution in [0, 0.1) is 6.92 Å². The van der Waals surface area contributed by atoms with Crippen molar-refractivity contribution in [2.75, 3.05) is 4.90 Å². The van der Waals surface area contributed by atoms with E-state index in [2.05, 4.69) is 22.9 Å². The third-order valence-electron chi connectivity index (χ3n) is 4.06. The van der Waals surface area contributed by atoms with Gasteiger partial charge in [-0.05, 0) is 44.2 Å². The summed E-state index contributed by atoms with van der Waals surface area (Å²) in [4.78, 5) is 6.84. The molecular formula is C13H19N3. The number of anilines is 1. The lowest BCUT2D eigenvalue weighted by Gasteiger charge is -2.40. The van der Waals surface area contributed by atoms with Gasteiger partial charge in [-0.15, -0.1) is 0 Å². The number of hydrogen-bond donors (Lipinski definition) is 1. The van der Waals surface area contributed by atoms with Crippen LogP contribution in [0.25, 0.3) is 0 Å². The molecule has 1 aromatic heterocycles. The number of rotatable bonds is 1. The molecule has 3 heterocycles. The first-order valence-electron chi connectivity index (χ1n) is 6.20. The predicted molar refractivity (Wildman–Crippen MR) is 65.5 cm³/mol. The minimum absolute atomic E-state index is 0.408. The summed E-state index contributed by atoms with van der Waals surface area (Å²) in [5.41, 5.74) is 8.75. The monoisotopic (exact) mass is 217 g/mol. The zero-order valence-electron chi connectivity index (χ0n) is 9.76. The van der Waals surface area contributed by atoms with Crippen molar-refractivity contribution in [3.8, 4) is 0 Å². The summed E-state index contributed by atoms with van der Waals surface area (Å²) in [5, 5.41) is 0. The lowest BCUT2D eigenvalue weighted by atomic mass is 9.97. The molecule has 0 spiro atoms. The lowest BCUT2D eigenvalue weighted by Crippen LogP contribution is -2.47. The van der Waals surface area contributed by atoms with Crippen LogP contribution < -0.4 is 10.6 Å². The molecule has 3 nitrogen and oxygen atoms in total. The Morgan fingerprint density at radius 3 is 2.62 bits per heavy atom. The first kappa shape index (κ1) is 10.1. The van der Waals surface area contributed by atoms with Crippen molar-refractivity contribution in [1.82, 2.24) is 4.98 Å². The van der Waals surface area contributed by atoms with Gasteiger partial charge in [-0.25, -0.2) is 0 Å². The second kappa shape index (κ2) is 3.74. The Labute approximate surface area is 96.7 Å². The number of fused-ring (bicyclic) bond motifs is 2. The number of hydrogen-bond acceptors (Lipinski definition) is 3. The van der Waals surface area contributed by atoms with E-state index >= 15 is 0 Å². The van der Waals surface area contributed by atoms with Crippen molar-refractivity contribution in [2.24, 2.45) is 5.73 Å². The molecule has 1 aromatic rings. The Bertz CT molecular complexity index is 377. The molecule has 2 unspecified atom stereocenters. The van der Waals surface area contributed by atoms with Crippen molar-refractivity contribution in [1.29, 1.82) is 0 Å². The van der Waals surface area contributed by atoms with Crippen molar-refractivity contribution in [3.63, 3.8) is 0 Å². The number of nitrogens with two attached hydrogens (primary N) is 1. The zero-order chi connectivity index (χ0) is 11.1. The molecule has 0 aromatic carbocycles. The summed E-state index contributed by atoms with van der Waals surface area (Å²) < 4.78 is 0. The van der Waals surface area contributed by atoms with E-state index in [4.69, 9.17) is 5.73 Å². The minimum atomic E-state index is 0.408. The molecule has 2 saturated heterocycles. The van der Waals surface area contributed by atoms with E-state index in [-0.39, 0.29) is 0 Å². The molecule has 2 bridgehead atoms. The molecule has 86 valence electrons. The van der Waals surface area contributed by atoms with Crippen molar-refractivity contribution in [2.45, 2.75) is 50.7 Å². The first-order valence-corrected chi connectivity index (χ1v) is 6.20. The molecule has 16 heavy (non-hydrogen) atoms. The van der Waals surface area contributed by atoms with Crippen LogP contribution in [0.5, 0.6) is 0 Å². The maximum Gasteiger partial charge on any atom is 0.0587 e. The Morgan fingerprint density at radius 2 is 2.00 bits per heavy atom. The summed E-state index contributed by atoms with van der Waals surface area (Å²) in [7, 11) is 0. The quantitative estimate of drug-likeness (QED) is 0.780. The summed E-state index contributed by atoms with van der Waals surface area (Å²) in [5.74, 6) is 0. The molecule has 3 heteroatoms. The lowest BCUT2D eigenvalue weighted by molar-refractivity contribution is 0.414. The second-order valence-corrected chi connectivity index (χ2v) is 5.19. The number of nitrogens with zero attached hydrogens (tertiary/aromatic N) is 2. The van der Waals surface area contributed by atoms with Crippen LogP contribution in [0.4, 0.5) is 5.69 Å². The second-order valence-electron chi connectivity index (χ2n) is 5.19. The summed E-state index contributed by atoms with van der Waals surface area (Å²) in [6, 6.07) is 3.81. The fourth-order valence-corrected chi connectivity index (χ4v) is 3.34. The van der Waals surface area contributed by atoms with Crippen molar-refractivity contribution in [3.05, 3.63) is 24.0 Å². The van der Waals surface area contributed by atoms with Gasteiger partial charge in [0.1, 0.15) is 0 Å². The first-order chi connectivity index (χ1) is 7.75. The van der Waals surface area contributed by atoms with E-state index in [0.29, 0.717) is 18.1 Å². The van der Waals surface area contributed by atoms with E-state index < -0.39 is 0 Å².